The lowest BCUT2D eigenvalue weighted by atomic mass is 10.2. The third-order valence-corrected chi connectivity index (χ3v) is 3.29. The largest absolute Gasteiger partial charge is 0.395 e. The van der Waals surface area contributed by atoms with Crippen LogP contribution in [0.15, 0.2) is 36.7 Å². The van der Waals surface area contributed by atoms with E-state index in [1.165, 1.54) is 6.33 Å². The van der Waals surface area contributed by atoms with Crippen LogP contribution >= 0.6 is 0 Å². The zero-order chi connectivity index (χ0) is 14.7. The Bertz CT molecular complexity index is 738. The lowest BCUT2D eigenvalue weighted by Crippen LogP contribution is -2.09. The van der Waals surface area contributed by atoms with Gasteiger partial charge in [0.15, 0.2) is 11.5 Å². The molecule has 3 aromatic rings. The van der Waals surface area contributed by atoms with Crippen LogP contribution in [0.25, 0.3) is 22.6 Å². The van der Waals surface area contributed by atoms with Crippen molar-refractivity contribution >= 4 is 17.0 Å². The van der Waals surface area contributed by atoms with Crippen LogP contribution in [0.2, 0.25) is 0 Å². The second-order valence-electron chi connectivity index (χ2n) is 4.59. The molecule has 2 heterocycles. The van der Waals surface area contributed by atoms with E-state index in [9.17, 15) is 0 Å². The molecule has 0 fully saturated rings. The van der Waals surface area contributed by atoms with Crippen LogP contribution in [-0.4, -0.2) is 37.8 Å². The molecule has 6 heteroatoms. The first-order valence-corrected chi connectivity index (χ1v) is 6.96. The number of aromatic nitrogens is 4. The molecular formula is C15H17N5O. The van der Waals surface area contributed by atoms with Crippen LogP contribution in [0.5, 0.6) is 0 Å². The Balaban J connectivity index is 2.19. The Morgan fingerprint density at radius 1 is 1.19 bits per heavy atom. The van der Waals surface area contributed by atoms with E-state index in [-0.39, 0.29) is 6.61 Å². The van der Waals surface area contributed by atoms with Crippen LogP contribution in [0.3, 0.4) is 0 Å². The smallest absolute Gasteiger partial charge is 0.183 e. The minimum Gasteiger partial charge on any atom is -0.395 e. The zero-order valence-electron chi connectivity index (χ0n) is 11.8. The van der Waals surface area contributed by atoms with E-state index < -0.39 is 0 Å². The molecule has 0 spiro atoms. The number of hydrogen-bond donors (Lipinski definition) is 2. The van der Waals surface area contributed by atoms with Gasteiger partial charge >= 0.3 is 0 Å². The first-order chi connectivity index (χ1) is 10.3. The molecule has 0 radical (unpaired) electrons. The second-order valence-corrected chi connectivity index (χ2v) is 4.59. The van der Waals surface area contributed by atoms with Gasteiger partial charge < -0.3 is 15.0 Å². The van der Waals surface area contributed by atoms with Crippen molar-refractivity contribution in [3.05, 3.63) is 36.7 Å². The molecule has 108 valence electrons. The van der Waals surface area contributed by atoms with E-state index >= 15 is 0 Å². The fourth-order valence-electron chi connectivity index (χ4n) is 2.39. The van der Waals surface area contributed by atoms with Crippen molar-refractivity contribution in [1.29, 1.82) is 0 Å². The van der Waals surface area contributed by atoms with Gasteiger partial charge in [0.2, 0.25) is 0 Å². The lowest BCUT2D eigenvalue weighted by molar-refractivity contribution is 0.311. The number of imidazole rings is 1. The molecule has 0 amide bonds. The van der Waals surface area contributed by atoms with E-state index in [0.717, 1.165) is 23.4 Å². The van der Waals surface area contributed by atoms with E-state index in [1.54, 1.807) is 0 Å². The molecule has 2 aromatic heterocycles. The summed E-state index contributed by atoms with van der Waals surface area (Å²) >= 11 is 0. The van der Waals surface area contributed by atoms with Gasteiger partial charge in [0.05, 0.1) is 6.61 Å². The number of anilines is 1. The molecule has 3 rings (SSSR count). The summed E-state index contributed by atoms with van der Waals surface area (Å²) < 4.78 is 2.09. The van der Waals surface area contributed by atoms with Crippen molar-refractivity contribution in [1.82, 2.24) is 19.5 Å². The Hall–Kier alpha value is -2.47. The fourth-order valence-corrected chi connectivity index (χ4v) is 2.39. The van der Waals surface area contributed by atoms with Gasteiger partial charge in [-0.15, -0.1) is 0 Å². The number of fused-ring (bicyclic) bond motifs is 1. The SMILES string of the molecule is CCn1c(-c2ccccc2)nc2ncnc(NCCO)c21. The maximum absolute atomic E-state index is 8.98. The van der Waals surface area contributed by atoms with Crippen molar-refractivity contribution in [2.24, 2.45) is 0 Å². The molecule has 0 bridgehead atoms. The predicted octanol–water partition coefficient (Wildman–Crippen LogP) is 1.92. The van der Waals surface area contributed by atoms with Gasteiger partial charge in [0.25, 0.3) is 0 Å². The van der Waals surface area contributed by atoms with E-state index in [1.807, 2.05) is 30.3 Å². The third kappa shape index (κ3) is 2.45. The molecule has 0 aliphatic rings. The molecule has 0 aliphatic carbocycles. The third-order valence-electron chi connectivity index (χ3n) is 3.29. The van der Waals surface area contributed by atoms with Gasteiger partial charge in [-0.05, 0) is 6.92 Å². The van der Waals surface area contributed by atoms with Gasteiger partial charge in [-0.3, -0.25) is 0 Å². The van der Waals surface area contributed by atoms with E-state index in [0.29, 0.717) is 18.0 Å². The average molecular weight is 283 g/mol. The maximum atomic E-state index is 8.98. The van der Waals surface area contributed by atoms with Gasteiger partial charge in [-0.1, -0.05) is 30.3 Å². The normalized spacial score (nSPS) is 11.0. The minimum atomic E-state index is 0.0529. The number of aliphatic hydroxyl groups is 1. The number of aryl methyl sites for hydroxylation is 1. The van der Waals surface area contributed by atoms with Crippen molar-refractivity contribution in [3.63, 3.8) is 0 Å². The number of nitrogens with zero attached hydrogens (tertiary/aromatic N) is 4. The van der Waals surface area contributed by atoms with Crippen LogP contribution < -0.4 is 5.32 Å². The standard InChI is InChI=1S/C15H17N5O/c1-2-20-12-13(16-8-9-21)17-10-18-14(12)19-15(20)11-6-4-3-5-7-11/h3-7,10,21H,2,8-9H2,1H3,(H,16,17,18). The molecular weight excluding hydrogens is 266 g/mol. The van der Waals surface area contributed by atoms with Gasteiger partial charge in [0, 0.05) is 18.7 Å². The van der Waals surface area contributed by atoms with Crippen molar-refractivity contribution in [2.75, 3.05) is 18.5 Å². The van der Waals surface area contributed by atoms with Gasteiger partial charge in [-0.2, -0.15) is 0 Å². The molecule has 0 unspecified atom stereocenters. The first-order valence-electron chi connectivity index (χ1n) is 6.96. The van der Waals surface area contributed by atoms with Crippen LogP contribution in [-0.2, 0) is 6.54 Å². The molecule has 0 saturated heterocycles. The van der Waals surface area contributed by atoms with Gasteiger partial charge in [-0.25, -0.2) is 15.0 Å². The van der Waals surface area contributed by atoms with Crippen molar-refractivity contribution in [3.8, 4) is 11.4 Å². The monoisotopic (exact) mass is 283 g/mol. The topological polar surface area (TPSA) is 75.9 Å². The van der Waals surface area contributed by atoms with Gasteiger partial charge in [0.1, 0.15) is 17.7 Å². The highest BCUT2D eigenvalue weighted by molar-refractivity contribution is 5.86. The quantitative estimate of drug-likeness (QED) is 0.748. The van der Waals surface area contributed by atoms with Crippen LogP contribution in [0.1, 0.15) is 6.92 Å². The van der Waals surface area contributed by atoms with Crippen molar-refractivity contribution in [2.45, 2.75) is 13.5 Å². The first kappa shape index (κ1) is 13.5. The summed E-state index contributed by atoms with van der Waals surface area (Å²) in [5.41, 5.74) is 2.57. The summed E-state index contributed by atoms with van der Waals surface area (Å²) in [6, 6.07) is 10.0. The summed E-state index contributed by atoms with van der Waals surface area (Å²) in [4.78, 5) is 13.2. The summed E-state index contributed by atoms with van der Waals surface area (Å²) in [6.45, 7) is 3.33. The number of hydrogen-bond acceptors (Lipinski definition) is 5. The highest BCUT2D eigenvalue weighted by atomic mass is 16.3. The molecule has 0 atom stereocenters. The number of rotatable bonds is 5. The number of benzene rings is 1. The Morgan fingerprint density at radius 3 is 2.71 bits per heavy atom. The summed E-state index contributed by atoms with van der Waals surface area (Å²) in [6.07, 6.45) is 1.49. The number of aliphatic hydroxyl groups excluding tert-OH is 1. The lowest BCUT2D eigenvalue weighted by Gasteiger charge is -2.09. The molecule has 2 N–H and O–H groups in total. The maximum Gasteiger partial charge on any atom is 0.183 e. The average Bonchev–Trinajstić information content (AvgIpc) is 2.93. The molecule has 6 nitrogen and oxygen atoms in total. The molecule has 0 saturated carbocycles. The molecule has 0 aliphatic heterocycles. The van der Waals surface area contributed by atoms with E-state index in [4.69, 9.17) is 5.11 Å². The van der Waals surface area contributed by atoms with Crippen LogP contribution in [0.4, 0.5) is 5.82 Å². The molecule has 1 aromatic carbocycles. The summed E-state index contributed by atoms with van der Waals surface area (Å²) in [5, 5.41) is 12.1. The summed E-state index contributed by atoms with van der Waals surface area (Å²) in [5.74, 6) is 1.58. The number of nitrogens with one attached hydrogen (secondary N) is 1. The summed E-state index contributed by atoms with van der Waals surface area (Å²) in [7, 11) is 0. The minimum absolute atomic E-state index is 0.0529. The molecule has 21 heavy (non-hydrogen) atoms. The fraction of sp³-hybridized carbons (Fsp3) is 0.267. The van der Waals surface area contributed by atoms with Crippen LogP contribution in [0, 0.1) is 0 Å². The zero-order valence-corrected chi connectivity index (χ0v) is 11.8. The second kappa shape index (κ2) is 5.88. The highest BCUT2D eigenvalue weighted by Gasteiger charge is 2.16. The Kier molecular flexibility index (Phi) is 3.79. The Labute approximate surface area is 122 Å². The van der Waals surface area contributed by atoms with Crippen molar-refractivity contribution < 1.29 is 5.11 Å². The predicted molar refractivity (Wildman–Crippen MR) is 82.0 cm³/mol. The highest BCUT2D eigenvalue weighted by Crippen LogP contribution is 2.27. The van der Waals surface area contributed by atoms with E-state index in [2.05, 4.69) is 31.8 Å². The Morgan fingerprint density at radius 2 is 2.00 bits per heavy atom.